The number of rotatable bonds is 7. The molecule has 7 rings (SSSR count). The standard InChI is InChI=1S/C38H30N2O3/c1-43-30-23-21-28(22-24-30)35-33(36(41)29-17-9-4-10-18-29)34(27-15-7-3-8-16-27)38(39-35)31-19-11-12-20-32(31)40(37(38)42)25-26-13-5-2-6-14-26/h2-24,35,39H,25H2,1H3/t35-,38-/m1/s1. The van der Waals surface area contributed by atoms with Gasteiger partial charge in [0, 0.05) is 22.3 Å². The van der Waals surface area contributed by atoms with Crippen molar-refractivity contribution in [3.05, 3.63) is 173 Å². The fraction of sp³-hybridized carbons (Fsp3) is 0.105. The Morgan fingerprint density at radius 3 is 2.05 bits per heavy atom. The molecule has 1 spiro atoms. The molecule has 0 unspecified atom stereocenters. The molecule has 0 saturated carbocycles. The van der Waals surface area contributed by atoms with E-state index in [-0.39, 0.29) is 11.7 Å². The largest absolute Gasteiger partial charge is 0.497 e. The van der Waals surface area contributed by atoms with Crippen LogP contribution in [0, 0.1) is 0 Å². The smallest absolute Gasteiger partial charge is 0.257 e. The number of fused-ring (bicyclic) bond motifs is 2. The van der Waals surface area contributed by atoms with Crippen molar-refractivity contribution in [2.24, 2.45) is 0 Å². The maximum absolute atomic E-state index is 15.1. The van der Waals surface area contributed by atoms with Crippen molar-refractivity contribution in [3.8, 4) is 5.75 Å². The first-order valence-corrected chi connectivity index (χ1v) is 14.4. The number of hydrogen-bond acceptors (Lipinski definition) is 4. The fourth-order valence-electron chi connectivity index (χ4n) is 6.48. The lowest BCUT2D eigenvalue weighted by Crippen LogP contribution is -2.49. The average molecular weight is 563 g/mol. The second kappa shape index (κ2) is 10.9. The van der Waals surface area contributed by atoms with Gasteiger partial charge in [-0.1, -0.05) is 121 Å². The van der Waals surface area contributed by atoms with E-state index in [1.54, 1.807) is 7.11 Å². The SMILES string of the molecule is COc1ccc([C@H]2N[C@@]3(C(=O)N(Cc4ccccc4)c4ccccc43)C(c3ccccc3)=C2C(=O)c2ccccc2)cc1. The molecule has 2 aliphatic heterocycles. The Balaban J connectivity index is 1.51. The molecule has 0 saturated heterocycles. The Bertz CT molecular complexity index is 1830. The van der Waals surface area contributed by atoms with E-state index in [0.717, 1.165) is 33.7 Å². The van der Waals surface area contributed by atoms with Crippen LogP contribution in [-0.2, 0) is 16.9 Å². The number of nitrogens with zero attached hydrogens (tertiary/aromatic N) is 1. The van der Waals surface area contributed by atoms with E-state index in [9.17, 15) is 4.79 Å². The molecule has 5 aromatic carbocycles. The Morgan fingerprint density at radius 1 is 0.767 bits per heavy atom. The number of nitrogens with one attached hydrogen (secondary N) is 1. The molecule has 0 bridgehead atoms. The second-order valence-electron chi connectivity index (χ2n) is 10.8. The van der Waals surface area contributed by atoms with Gasteiger partial charge in [-0.2, -0.15) is 0 Å². The zero-order valence-electron chi connectivity index (χ0n) is 23.7. The molecular weight excluding hydrogens is 532 g/mol. The summed E-state index contributed by atoms with van der Waals surface area (Å²) in [7, 11) is 1.63. The Morgan fingerprint density at radius 2 is 1.37 bits per heavy atom. The number of para-hydroxylation sites is 1. The van der Waals surface area contributed by atoms with Crippen LogP contribution in [0.25, 0.3) is 5.57 Å². The zero-order chi connectivity index (χ0) is 29.4. The number of benzene rings is 5. The Labute approximate surface area is 251 Å². The molecule has 43 heavy (non-hydrogen) atoms. The molecule has 210 valence electrons. The van der Waals surface area contributed by atoms with Crippen molar-refractivity contribution in [1.29, 1.82) is 0 Å². The molecule has 5 nitrogen and oxygen atoms in total. The highest BCUT2D eigenvalue weighted by molar-refractivity contribution is 6.23. The molecule has 1 N–H and O–H groups in total. The molecule has 0 aliphatic carbocycles. The first-order chi connectivity index (χ1) is 21.1. The summed E-state index contributed by atoms with van der Waals surface area (Å²) in [5.41, 5.74) is 4.94. The van der Waals surface area contributed by atoms with E-state index in [4.69, 9.17) is 4.74 Å². The normalized spacial score (nSPS) is 19.1. The molecule has 0 aromatic heterocycles. The summed E-state index contributed by atoms with van der Waals surface area (Å²) in [5.74, 6) is 0.498. The van der Waals surface area contributed by atoms with Crippen LogP contribution in [-0.4, -0.2) is 18.8 Å². The van der Waals surface area contributed by atoms with Gasteiger partial charge in [0.05, 0.1) is 25.4 Å². The van der Waals surface area contributed by atoms with Crippen molar-refractivity contribution < 1.29 is 14.3 Å². The van der Waals surface area contributed by atoms with E-state index in [1.807, 2.05) is 144 Å². The Hall–Kier alpha value is -5.26. The summed E-state index contributed by atoms with van der Waals surface area (Å²) in [5, 5.41) is 3.76. The van der Waals surface area contributed by atoms with Crippen molar-refractivity contribution in [1.82, 2.24) is 5.32 Å². The van der Waals surface area contributed by atoms with E-state index in [2.05, 4.69) is 5.32 Å². The topological polar surface area (TPSA) is 58.6 Å². The number of carbonyl (C=O) groups is 2. The molecule has 5 aromatic rings. The van der Waals surface area contributed by atoms with Crippen LogP contribution in [0.5, 0.6) is 5.75 Å². The zero-order valence-corrected chi connectivity index (χ0v) is 23.7. The summed E-state index contributed by atoms with van der Waals surface area (Å²) >= 11 is 0. The fourth-order valence-corrected chi connectivity index (χ4v) is 6.48. The molecule has 2 atom stereocenters. The summed E-state index contributed by atoms with van der Waals surface area (Å²) in [6.07, 6.45) is 0. The quantitative estimate of drug-likeness (QED) is 0.215. The highest BCUT2D eigenvalue weighted by Crippen LogP contribution is 2.56. The molecule has 2 heterocycles. The minimum atomic E-state index is -1.28. The van der Waals surface area contributed by atoms with Crippen LogP contribution in [0.1, 0.15) is 38.7 Å². The maximum Gasteiger partial charge on any atom is 0.257 e. The lowest BCUT2D eigenvalue weighted by atomic mass is 9.79. The van der Waals surface area contributed by atoms with Gasteiger partial charge in [0.2, 0.25) is 0 Å². The molecule has 5 heteroatoms. The van der Waals surface area contributed by atoms with E-state index in [1.165, 1.54) is 0 Å². The third-order valence-corrected chi connectivity index (χ3v) is 8.43. The lowest BCUT2D eigenvalue weighted by Gasteiger charge is -2.29. The van der Waals surface area contributed by atoms with Gasteiger partial charge in [-0.3, -0.25) is 14.9 Å². The highest BCUT2D eigenvalue weighted by atomic mass is 16.5. The highest BCUT2D eigenvalue weighted by Gasteiger charge is 2.60. The molecule has 1 amide bonds. The number of ketones is 1. The summed E-state index contributed by atoms with van der Waals surface area (Å²) < 4.78 is 5.43. The first-order valence-electron chi connectivity index (χ1n) is 14.4. The van der Waals surface area contributed by atoms with Gasteiger partial charge < -0.3 is 9.64 Å². The molecule has 0 radical (unpaired) electrons. The number of Topliss-reactive ketones (excluding diaryl/α,β-unsaturated/α-hetero) is 1. The minimum absolute atomic E-state index is 0.106. The van der Waals surface area contributed by atoms with Crippen molar-refractivity contribution in [3.63, 3.8) is 0 Å². The van der Waals surface area contributed by atoms with Gasteiger partial charge in [0.15, 0.2) is 11.3 Å². The van der Waals surface area contributed by atoms with Crippen LogP contribution in [0.4, 0.5) is 5.69 Å². The summed E-state index contributed by atoms with van der Waals surface area (Å²) in [4.78, 5) is 31.5. The van der Waals surface area contributed by atoms with Gasteiger partial charge in [0.25, 0.3) is 5.91 Å². The summed E-state index contributed by atoms with van der Waals surface area (Å²) in [6, 6.07) is 44.2. The predicted molar refractivity (Wildman–Crippen MR) is 169 cm³/mol. The number of anilines is 1. The first kappa shape index (κ1) is 26.6. The van der Waals surface area contributed by atoms with Crippen molar-refractivity contribution in [2.45, 2.75) is 18.1 Å². The number of carbonyl (C=O) groups excluding carboxylic acids is 2. The van der Waals surface area contributed by atoms with Gasteiger partial charge in [-0.25, -0.2) is 0 Å². The maximum atomic E-state index is 15.1. The summed E-state index contributed by atoms with van der Waals surface area (Å²) in [6.45, 7) is 0.414. The van der Waals surface area contributed by atoms with Crippen molar-refractivity contribution >= 4 is 23.0 Å². The van der Waals surface area contributed by atoms with E-state index >= 15 is 4.79 Å². The number of hydrogen-bond donors (Lipinski definition) is 1. The van der Waals surface area contributed by atoms with E-state index in [0.29, 0.717) is 23.3 Å². The van der Waals surface area contributed by atoms with Gasteiger partial charge in [-0.05, 0) is 34.9 Å². The lowest BCUT2D eigenvalue weighted by molar-refractivity contribution is -0.122. The molecular formula is C38H30N2O3. The predicted octanol–water partition coefficient (Wildman–Crippen LogP) is 7.12. The number of amides is 1. The third-order valence-electron chi connectivity index (χ3n) is 8.43. The number of ether oxygens (including phenoxy) is 1. The minimum Gasteiger partial charge on any atom is -0.497 e. The van der Waals surface area contributed by atoms with Crippen molar-refractivity contribution in [2.75, 3.05) is 12.0 Å². The van der Waals surface area contributed by atoms with Crippen LogP contribution in [0.15, 0.2) is 145 Å². The third kappa shape index (κ3) is 4.37. The van der Waals surface area contributed by atoms with Gasteiger partial charge in [0.1, 0.15) is 5.75 Å². The second-order valence-corrected chi connectivity index (χ2v) is 10.8. The van der Waals surface area contributed by atoms with Crippen LogP contribution >= 0.6 is 0 Å². The monoisotopic (exact) mass is 562 g/mol. The Kier molecular flexibility index (Phi) is 6.72. The van der Waals surface area contributed by atoms with Crippen LogP contribution < -0.4 is 15.0 Å². The number of methoxy groups -OCH3 is 1. The van der Waals surface area contributed by atoms with E-state index < -0.39 is 11.6 Å². The van der Waals surface area contributed by atoms with Gasteiger partial charge >= 0.3 is 0 Å². The van der Waals surface area contributed by atoms with Gasteiger partial charge in [-0.15, -0.1) is 0 Å². The molecule has 2 aliphatic rings. The average Bonchev–Trinajstić information content (AvgIpc) is 3.55. The van der Waals surface area contributed by atoms with Crippen LogP contribution in [0.2, 0.25) is 0 Å². The molecule has 0 fully saturated rings. The van der Waals surface area contributed by atoms with Crippen LogP contribution in [0.3, 0.4) is 0 Å².